The molecule has 4 rings (SSSR count). The third-order valence-corrected chi connectivity index (χ3v) is 4.85. The molecule has 1 saturated heterocycles. The highest BCUT2D eigenvalue weighted by Crippen LogP contribution is 2.22. The Hall–Kier alpha value is -3.42. The van der Waals surface area contributed by atoms with Crippen molar-refractivity contribution >= 4 is 11.7 Å². The first-order chi connectivity index (χ1) is 14.0. The van der Waals surface area contributed by atoms with Gasteiger partial charge in [-0.1, -0.05) is 0 Å². The molecule has 1 amide bonds. The summed E-state index contributed by atoms with van der Waals surface area (Å²) in [5, 5.41) is 0. The van der Waals surface area contributed by atoms with Crippen LogP contribution in [0.3, 0.4) is 0 Å². The predicted octanol–water partition coefficient (Wildman–Crippen LogP) is 3.52. The van der Waals surface area contributed by atoms with E-state index >= 15 is 0 Å². The van der Waals surface area contributed by atoms with E-state index in [1.807, 2.05) is 11.0 Å². The highest BCUT2D eigenvalue weighted by molar-refractivity contribution is 5.94. The van der Waals surface area contributed by atoms with E-state index in [9.17, 15) is 18.0 Å². The molecule has 2 aromatic carbocycles. The van der Waals surface area contributed by atoms with Crippen LogP contribution in [0.2, 0.25) is 0 Å². The molecule has 0 N–H and O–H groups in total. The van der Waals surface area contributed by atoms with E-state index in [-0.39, 0.29) is 17.3 Å². The number of hydrogen-bond acceptors (Lipinski definition) is 4. The van der Waals surface area contributed by atoms with Crippen LogP contribution in [-0.4, -0.2) is 47.0 Å². The zero-order valence-electron chi connectivity index (χ0n) is 15.4. The second kappa shape index (κ2) is 7.90. The third-order valence-electron chi connectivity index (χ3n) is 4.85. The van der Waals surface area contributed by atoms with Crippen molar-refractivity contribution in [3.63, 3.8) is 0 Å². The van der Waals surface area contributed by atoms with Gasteiger partial charge in [0.15, 0.2) is 11.6 Å². The Bertz CT molecular complexity index is 1030. The Labute approximate surface area is 165 Å². The SMILES string of the molecule is O=C(c1ccc(F)c(F)c1)N1CCN(c2cc(-c3ccc(F)cc3)ncn2)CC1. The number of carbonyl (C=O) groups is 1. The van der Waals surface area contributed by atoms with E-state index in [2.05, 4.69) is 9.97 Å². The van der Waals surface area contributed by atoms with Crippen LogP contribution in [0.4, 0.5) is 19.0 Å². The first kappa shape index (κ1) is 18.9. The standard InChI is InChI=1S/C21H17F3N4O/c22-16-4-1-14(2-5-16)19-12-20(26-13-25-19)27-7-9-28(10-8-27)21(29)15-3-6-17(23)18(24)11-15/h1-6,11-13H,7-10H2. The molecule has 29 heavy (non-hydrogen) atoms. The summed E-state index contributed by atoms with van der Waals surface area (Å²) < 4.78 is 39.6. The van der Waals surface area contributed by atoms with Gasteiger partial charge in [-0.15, -0.1) is 0 Å². The molecule has 0 aliphatic carbocycles. The zero-order chi connectivity index (χ0) is 20.4. The fraction of sp³-hybridized carbons (Fsp3) is 0.190. The Morgan fingerprint density at radius 3 is 2.24 bits per heavy atom. The summed E-state index contributed by atoms with van der Waals surface area (Å²) >= 11 is 0. The lowest BCUT2D eigenvalue weighted by Crippen LogP contribution is -2.49. The van der Waals surface area contributed by atoms with Gasteiger partial charge in [-0.3, -0.25) is 4.79 Å². The quantitative estimate of drug-likeness (QED) is 0.678. The van der Waals surface area contributed by atoms with Crippen molar-refractivity contribution in [1.29, 1.82) is 0 Å². The molecule has 3 aromatic rings. The number of carbonyl (C=O) groups excluding carboxylic acids is 1. The van der Waals surface area contributed by atoms with E-state index < -0.39 is 11.6 Å². The van der Waals surface area contributed by atoms with Gasteiger partial charge in [-0.25, -0.2) is 23.1 Å². The molecule has 0 bridgehead atoms. The molecule has 5 nitrogen and oxygen atoms in total. The van der Waals surface area contributed by atoms with Crippen LogP contribution in [0, 0.1) is 17.5 Å². The van der Waals surface area contributed by atoms with E-state index in [4.69, 9.17) is 0 Å². The number of amides is 1. The molecule has 1 aliphatic rings. The number of hydrogen-bond donors (Lipinski definition) is 0. The molecule has 1 fully saturated rings. The van der Waals surface area contributed by atoms with Crippen molar-refractivity contribution in [3.8, 4) is 11.3 Å². The second-order valence-corrected chi connectivity index (χ2v) is 6.68. The number of aromatic nitrogens is 2. The molecule has 0 unspecified atom stereocenters. The largest absolute Gasteiger partial charge is 0.353 e. The van der Waals surface area contributed by atoms with Crippen molar-refractivity contribution < 1.29 is 18.0 Å². The number of benzene rings is 2. The van der Waals surface area contributed by atoms with Crippen LogP contribution < -0.4 is 4.90 Å². The lowest BCUT2D eigenvalue weighted by atomic mass is 10.1. The number of nitrogens with zero attached hydrogens (tertiary/aromatic N) is 4. The minimum absolute atomic E-state index is 0.123. The molecule has 0 saturated carbocycles. The lowest BCUT2D eigenvalue weighted by molar-refractivity contribution is 0.0746. The van der Waals surface area contributed by atoms with Gasteiger partial charge in [-0.2, -0.15) is 0 Å². The van der Waals surface area contributed by atoms with Crippen LogP contribution >= 0.6 is 0 Å². The molecular formula is C21H17F3N4O. The van der Waals surface area contributed by atoms with Gasteiger partial charge in [0.25, 0.3) is 5.91 Å². The smallest absolute Gasteiger partial charge is 0.254 e. The molecule has 148 valence electrons. The van der Waals surface area contributed by atoms with Gasteiger partial charge in [0.1, 0.15) is 18.0 Å². The summed E-state index contributed by atoms with van der Waals surface area (Å²) in [4.78, 5) is 24.7. The minimum atomic E-state index is -1.04. The number of rotatable bonds is 3. The summed E-state index contributed by atoms with van der Waals surface area (Å²) in [5.41, 5.74) is 1.58. The number of anilines is 1. The van der Waals surface area contributed by atoms with Crippen LogP contribution in [0.15, 0.2) is 54.9 Å². The van der Waals surface area contributed by atoms with Crippen LogP contribution in [0.5, 0.6) is 0 Å². The lowest BCUT2D eigenvalue weighted by Gasteiger charge is -2.35. The Morgan fingerprint density at radius 2 is 1.55 bits per heavy atom. The van der Waals surface area contributed by atoms with Crippen molar-refractivity contribution in [1.82, 2.24) is 14.9 Å². The van der Waals surface area contributed by atoms with Gasteiger partial charge in [0.2, 0.25) is 0 Å². The first-order valence-corrected chi connectivity index (χ1v) is 9.08. The fourth-order valence-electron chi connectivity index (χ4n) is 3.25. The molecule has 0 atom stereocenters. The van der Waals surface area contributed by atoms with E-state index in [0.29, 0.717) is 37.7 Å². The Kier molecular flexibility index (Phi) is 5.16. The fourth-order valence-corrected chi connectivity index (χ4v) is 3.25. The van der Waals surface area contributed by atoms with E-state index in [1.54, 1.807) is 17.0 Å². The molecular weight excluding hydrogens is 381 g/mol. The Balaban J connectivity index is 1.44. The monoisotopic (exact) mass is 398 g/mol. The van der Waals surface area contributed by atoms with Gasteiger partial charge < -0.3 is 9.80 Å². The summed E-state index contributed by atoms with van der Waals surface area (Å²) in [6, 6.07) is 11.0. The van der Waals surface area contributed by atoms with E-state index in [1.165, 1.54) is 24.5 Å². The molecule has 0 spiro atoms. The zero-order valence-corrected chi connectivity index (χ0v) is 15.4. The topological polar surface area (TPSA) is 49.3 Å². The van der Waals surface area contributed by atoms with Crippen LogP contribution in [0.25, 0.3) is 11.3 Å². The molecule has 8 heteroatoms. The van der Waals surface area contributed by atoms with Gasteiger partial charge in [-0.05, 0) is 42.5 Å². The van der Waals surface area contributed by atoms with Crippen molar-refractivity contribution in [2.45, 2.75) is 0 Å². The van der Waals surface area contributed by atoms with Gasteiger partial charge >= 0.3 is 0 Å². The van der Waals surface area contributed by atoms with Gasteiger partial charge in [0, 0.05) is 43.4 Å². The number of halogens is 3. The molecule has 1 aliphatic heterocycles. The summed E-state index contributed by atoms with van der Waals surface area (Å²) in [5.74, 6) is -1.96. The summed E-state index contributed by atoms with van der Waals surface area (Å²) in [6.45, 7) is 1.92. The van der Waals surface area contributed by atoms with Crippen LogP contribution in [0.1, 0.15) is 10.4 Å². The van der Waals surface area contributed by atoms with E-state index in [0.717, 1.165) is 17.7 Å². The first-order valence-electron chi connectivity index (χ1n) is 9.08. The average molecular weight is 398 g/mol. The highest BCUT2D eigenvalue weighted by Gasteiger charge is 2.24. The van der Waals surface area contributed by atoms with Crippen molar-refractivity contribution in [2.75, 3.05) is 31.1 Å². The van der Waals surface area contributed by atoms with Crippen molar-refractivity contribution in [3.05, 3.63) is 77.9 Å². The highest BCUT2D eigenvalue weighted by atomic mass is 19.2. The van der Waals surface area contributed by atoms with Gasteiger partial charge in [0.05, 0.1) is 5.69 Å². The van der Waals surface area contributed by atoms with Crippen molar-refractivity contribution in [2.24, 2.45) is 0 Å². The average Bonchev–Trinajstić information content (AvgIpc) is 2.76. The predicted molar refractivity (Wildman–Crippen MR) is 102 cm³/mol. The second-order valence-electron chi connectivity index (χ2n) is 6.68. The maximum absolute atomic E-state index is 13.4. The third kappa shape index (κ3) is 4.06. The normalized spacial score (nSPS) is 14.2. The Morgan fingerprint density at radius 1 is 0.828 bits per heavy atom. The molecule has 0 radical (unpaired) electrons. The summed E-state index contributed by atoms with van der Waals surface area (Å²) in [7, 11) is 0. The summed E-state index contributed by atoms with van der Waals surface area (Å²) in [6.07, 6.45) is 1.45. The van der Waals surface area contributed by atoms with Crippen LogP contribution in [-0.2, 0) is 0 Å². The molecule has 2 heterocycles. The maximum Gasteiger partial charge on any atom is 0.254 e. The number of piperazine rings is 1. The maximum atomic E-state index is 13.4. The minimum Gasteiger partial charge on any atom is -0.353 e. The molecule has 1 aromatic heterocycles.